The van der Waals surface area contributed by atoms with Crippen LogP contribution in [0, 0.1) is 0 Å². The van der Waals surface area contributed by atoms with Crippen molar-refractivity contribution in [2.45, 2.75) is 6.10 Å². The highest BCUT2D eigenvalue weighted by molar-refractivity contribution is 8.49. The molecule has 3 aromatic rings. The first-order valence-electron chi connectivity index (χ1n) is 12.0. The largest absolute Gasteiger partial charge is 0.379 e. The normalized spacial score (nSPS) is 22.4. The number of benzene rings is 2. The number of amidine groups is 1. The molecule has 2 atom stereocenters. The fourth-order valence-corrected chi connectivity index (χ4v) is 6.41. The Bertz CT molecular complexity index is 1250. The van der Waals surface area contributed by atoms with E-state index in [2.05, 4.69) is 25.4 Å². The van der Waals surface area contributed by atoms with Crippen LogP contribution in [0.15, 0.2) is 95.4 Å². The number of carbonyl (C=O) groups excluding carboxylic acids is 1. The number of nitrogens with zero attached hydrogens (tertiary/aromatic N) is 4. The molecule has 192 valence electrons. The van der Waals surface area contributed by atoms with E-state index in [-0.39, 0.29) is 17.2 Å². The minimum absolute atomic E-state index is 0.249. The van der Waals surface area contributed by atoms with Gasteiger partial charge in [-0.25, -0.2) is 0 Å². The van der Waals surface area contributed by atoms with Crippen LogP contribution in [0.25, 0.3) is 0 Å². The van der Waals surface area contributed by atoms with Crippen molar-refractivity contribution < 1.29 is 17.9 Å². The summed E-state index contributed by atoms with van der Waals surface area (Å²) >= 11 is 0. The smallest absolute Gasteiger partial charge is 0.257 e. The van der Waals surface area contributed by atoms with Crippen molar-refractivity contribution in [1.29, 1.82) is 0 Å². The molecule has 2 aromatic carbocycles. The Labute approximate surface area is 217 Å². The molecule has 1 unspecified atom stereocenters. The van der Waals surface area contributed by atoms with Gasteiger partial charge < -0.3 is 4.74 Å². The Morgan fingerprint density at radius 2 is 1.68 bits per heavy atom. The van der Waals surface area contributed by atoms with Crippen molar-refractivity contribution in [2.24, 2.45) is 10.2 Å². The van der Waals surface area contributed by atoms with E-state index in [1.54, 1.807) is 31.6 Å². The summed E-state index contributed by atoms with van der Waals surface area (Å²) in [5, 5.41) is 12.5. The molecule has 3 heterocycles. The third kappa shape index (κ3) is 5.63. The Morgan fingerprint density at radius 3 is 2.35 bits per heavy atom. The molecule has 1 N–H and O–H groups in total. The predicted octanol–water partition coefficient (Wildman–Crippen LogP) is 3.91. The minimum Gasteiger partial charge on any atom is -0.379 e. The molecule has 5 rings (SSSR count). The minimum atomic E-state index is -2.75. The lowest BCUT2D eigenvalue weighted by Crippen LogP contribution is -2.41. The second kappa shape index (κ2) is 11.8. The standard InChI is InChI=1S/C27H29N5O4S/c1-34-37(36-24(21-8-4-2-5-9-21)20-32-16-18-35-19-17-32)26(23-12-14-28-15-13-23)30-31-27(37)29-25(33)22-10-6-3-7-11-22/h2-15,24H,16-20H2,1H3,(H,29,31,33)/t24-/m0/s1. The average Bonchev–Trinajstić information content (AvgIpc) is 3.32. The summed E-state index contributed by atoms with van der Waals surface area (Å²) in [4.78, 5) is 19.6. The third-order valence-corrected chi connectivity index (χ3v) is 8.60. The summed E-state index contributed by atoms with van der Waals surface area (Å²) < 4.78 is 18.7. The van der Waals surface area contributed by atoms with Crippen LogP contribution in [0.2, 0.25) is 0 Å². The second-order valence-electron chi connectivity index (χ2n) is 8.44. The molecule has 1 fully saturated rings. The molecule has 9 nitrogen and oxygen atoms in total. The lowest BCUT2D eigenvalue weighted by atomic mass is 10.1. The fraction of sp³-hybridized carbons (Fsp3) is 0.259. The van der Waals surface area contributed by atoms with Gasteiger partial charge in [0, 0.05) is 43.2 Å². The highest BCUT2D eigenvalue weighted by Gasteiger charge is 2.43. The zero-order chi connectivity index (χ0) is 25.5. The van der Waals surface area contributed by atoms with Crippen molar-refractivity contribution in [2.75, 3.05) is 40.0 Å². The van der Waals surface area contributed by atoms with E-state index in [0.717, 1.165) is 24.2 Å². The Morgan fingerprint density at radius 1 is 1.00 bits per heavy atom. The highest BCUT2D eigenvalue weighted by atomic mass is 32.3. The summed E-state index contributed by atoms with van der Waals surface area (Å²) in [5.41, 5.74) is 2.25. The van der Waals surface area contributed by atoms with Crippen LogP contribution in [0.4, 0.5) is 0 Å². The number of aromatic nitrogens is 1. The van der Waals surface area contributed by atoms with Crippen molar-refractivity contribution >= 4 is 26.7 Å². The number of nitrogens with one attached hydrogen (secondary N) is 1. The first-order valence-corrected chi connectivity index (χ1v) is 13.5. The molecule has 37 heavy (non-hydrogen) atoms. The maximum absolute atomic E-state index is 13.1. The molecule has 0 bridgehead atoms. The van der Waals surface area contributed by atoms with Crippen molar-refractivity contribution in [3.05, 3.63) is 102 Å². The quantitative estimate of drug-likeness (QED) is 0.485. The first-order chi connectivity index (χ1) is 18.2. The van der Waals surface area contributed by atoms with Gasteiger partial charge in [0.25, 0.3) is 5.91 Å². The lowest BCUT2D eigenvalue weighted by molar-refractivity contribution is 0.0200. The molecule has 1 aromatic heterocycles. The number of rotatable bonds is 8. The van der Waals surface area contributed by atoms with E-state index in [1.165, 1.54) is 0 Å². The molecule has 1 amide bonds. The van der Waals surface area contributed by atoms with Gasteiger partial charge in [-0.15, -0.1) is 10.2 Å². The van der Waals surface area contributed by atoms with Gasteiger partial charge in [0.1, 0.15) is 6.10 Å². The average molecular weight is 520 g/mol. The van der Waals surface area contributed by atoms with Crippen LogP contribution in [0.1, 0.15) is 27.6 Å². The van der Waals surface area contributed by atoms with Crippen molar-refractivity contribution in [1.82, 2.24) is 15.2 Å². The number of amides is 1. The zero-order valence-corrected chi connectivity index (χ0v) is 21.3. The van der Waals surface area contributed by atoms with Gasteiger partial charge in [0.15, 0.2) is 5.04 Å². The van der Waals surface area contributed by atoms with Crippen LogP contribution in [0.3, 0.4) is 0 Å². The van der Waals surface area contributed by atoms with E-state index in [0.29, 0.717) is 30.4 Å². The van der Waals surface area contributed by atoms with Crippen LogP contribution in [-0.4, -0.2) is 66.0 Å². The molecule has 2 aliphatic rings. The number of carbonyl (C=O) groups is 1. The topological polar surface area (TPSA) is 97.6 Å². The van der Waals surface area contributed by atoms with Gasteiger partial charge in [-0.1, -0.05) is 59.1 Å². The molecule has 0 spiro atoms. The van der Waals surface area contributed by atoms with Crippen LogP contribution < -0.4 is 5.32 Å². The molecule has 2 aliphatic heterocycles. The van der Waals surface area contributed by atoms with Crippen molar-refractivity contribution in [3.63, 3.8) is 0 Å². The first kappa shape index (κ1) is 25.2. The van der Waals surface area contributed by atoms with E-state index in [9.17, 15) is 4.79 Å². The maximum Gasteiger partial charge on any atom is 0.257 e. The number of morpholine rings is 1. The van der Waals surface area contributed by atoms with Gasteiger partial charge in [-0.3, -0.25) is 28.4 Å². The monoisotopic (exact) mass is 519 g/mol. The van der Waals surface area contributed by atoms with Crippen LogP contribution in [-0.2, 0) is 13.1 Å². The summed E-state index contributed by atoms with van der Waals surface area (Å²) in [6.45, 7) is 3.58. The maximum atomic E-state index is 13.1. The Balaban J connectivity index is 1.51. The number of hydrogen-bond donors (Lipinski definition) is 1. The summed E-state index contributed by atoms with van der Waals surface area (Å²) in [5.74, 6) is -0.313. The Kier molecular flexibility index (Phi) is 8.02. The summed E-state index contributed by atoms with van der Waals surface area (Å²) in [6, 6.07) is 22.6. The van der Waals surface area contributed by atoms with Crippen molar-refractivity contribution in [3.8, 4) is 0 Å². The molecular weight excluding hydrogens is 490 g/mol. The van der Waals surface area contributed by atoms with Gasteiger partial charge >= 0.3 is 0 Å². The third-order valence-electron chi connectivity index (χ3n) is 6.11. The van der Waals surface area contributed by atoms with Crippen LogP contribution in [0.5, 0.6) is 0 Å². The fourth-order valence-electron chi connectivity index (χ4n) is 4.18. The van der Waals surface area contributed by atoms with Gasteiger partial charge in [0.05, 0.1) is 20.3 Å². The molecule has 0 aliphatic carbocycles. The summed E-state index contributed by atoms with van der Waals surface area (Å²) in [7, 11) is -1.18. The van der Waals surface area contributed by atoms with E-state index in [1.807, 2.05) is 60.7 Å². The van der Waals surface area contributed by atoms with Crippen LogP contribution >= 0.6 is 10.6 Å². The van der Waals surface area contributed by atoms with Gasteiger partial charge in [-0.2, -0.15) is 0 Å². The lowest BCUT2D eigenvalue weighted by Gasteiger charge is -2.42. The van der Waals surface area contributed by atoms with Gasteiger partial charge in [-0.05, 0) is 29.8 Å². The Hall–Kier alpha value is -3.41. The number of ether oxygens (including phenoxy) is 1. The highest BCUT2D eigenvalue weighted by Crippen LogP contribution is 2.59. The number of pyridine rings is 1. The molecule has 1 saturated heterocycles. The van der Waals surface area contributed by atoms with E-state index < -0.39 is 10.6 Å². The van der Waals surface area contributed by atoms with E-state index >= 15 is 0 Å². The molecular formula is C27H29N5O4S. The molecule has 0 radical (unpaired) electrons. The SMILES string of the molecule is COS1(O[C@@H](CN2CCOCC2)c2ccccc2)C(NC(=O)c2ccccc2)=NN=C1c1ccncc1. The summed E-state index contributed by atoms with van der Waals surface area (Å²) in [6.07, 6.45) is 2.99. The second-order valence-corrected chi connectivity index (χ2v) is 10.8. The molecule has 0 saturated carbocycles. The molecule has 10 heteroatoms. The number of hydrogen-bond acceptors (Lipinski definition) is 8. The van der Waals surface area contributed by atoms with E-state index in [4.69, 9.17) is 13.1 Å². The predicted molar refractivity (Wildman–Crippen MR) is 144 cm³/mol. The zero-order valence-electron chi connectivity index (χ0n) is 20.5. The van der Waals surface area contributed by atoms with Gasteiger partial charge in [0.2, 0.25) is 5.17 Å².